The second kappa shape index (κ2) is 5.24. The Bertz CT molecular complexity index is 632. The zero-order chi connectivity index (χ0) is 15.0. The molecule has 0 spiro atoms. The maximum Gasteiger partial charge on any atom is 0.251 e. The number of rotatable bonds is 3. The standard InChI is InChI=1S/C16H18N2O3/c1-17-16(21)12-8-14(19)18(9-10-6-7-10)13-5-3-2-4-11(13)15(12)20/h2-5,10,20H,6-9H2,1H3,(H,17,21). The minimum Gasteiger partial charge on any atom is -0.507 e. The van der Waals surface area contributed by atoms with Crippen molar-refractivity contribution in [3.63, 3.8) is 0 Å². The number of carbonyl (C=O) groups is 2. The Kier molecular flexibility index (Phi) is 3.41. The molecular formula is C16H18N2O3. The van der Waals surface area contributed by atoms with Gasteiger partial charge >= 0.3 is 0 Å². The van der Waals surface area contributed by atoms with E-state index in [-0.39, 0.29) is 23.7 Å². The van der Waals surface area contributed by atoms with Gasteiger partial charge in [0.2, 0.25) is 5.91 Å². The van der Waals surface area contributed by atoms with E-state index in [1.807, 2.05) is 12.1 Å². The molecule has 0 aromatic heterocycles. The zero-order valence-corrected chi connectivity index (χ0v) is 11.9. The molecule has 1 fully saturated rings. The summed E-state index contributed by atoms with van der Waals surface area (Å²) in [4.78, 5) is 26.2. The lowest BCUT2D eigenvalue weighted by molar-refractivity contribution is -0.121. The summed E-state index contributed by atoms with van der Waals surface area (Å²) in [5.74, 6) is -0.122. The molecule has 5 nitrogen and oxygen atoms in total. The normalized spacial score (nSPS) is 18.3. The summed E-state index contributed by atoms with van der Waals surface area (Å²) in [6, 6.07) is 7.19. The molecule has 2 aliphatic rings. The first-order valence-electron chi connectivity index (χ1n) is 7.15. The lowest BCUT2D eigenvalue weighted by atomic mass is 10.1. The third kappa shape index (κ3) is 2.51. The molecule has 1 saturated carbocycles. The molecule has 2 amide bonds. The number of hydrogen-bond donors (Lipinski definition) is 2. The van der Waals surface area contributed by atoms with Crippen molar-refractivity contribution in [2.24, 2.45) is 5.92 Å². The van der Waals surface area contributed by atoms with Crippen LogP contribution in [0.3, 0.4) is 0 Å². The van der Waals surface area contributed by atoms with Crippen LogP contribution >= 0.6 is 0 Å². The Morgan fingerprint density at radius 2 is 2.10 bits per heavy atom. The SMILES string of the molecule is CNC(=O)C1=C(O)c2ccccc2N(CC2CC2)C(=O)C1. The van der Waals surface area contributed by atoms with E-state index in [1.54, 1.807) is 17.0 Å². The summed E-state index contributed by atoms with van der Waals surface area (Å²) in [6.45, 7) is 0.657. The largest absolute Gasteiger partial charge is 0.507 e. The summed E-state index contributed by atoms with van der Waals surface area (Å²) in [7, 11) is 1.49. The van der Waals surface area contributed by atoms with Gasteiger partial charge in [-0.15, -0.1) is 0 Å². The monoisotopic (exact) mass is 286 g/mol. The van der Waals surface area contributed by atoms with Crippen molar-refractivity contribution < 1.29 is 14.7 Å². The first-order chi connectivity index (χ1) is 10.1. The van der Waals surface area contributed by atoms with Crippen LogP contribution in [0.5, 0.6) is 0 Å². The topological polar surface area (TPSA) is 69.6 Å². The summed E-state index contributed by atoms with van der Waals surface area (Å²) in [5.41, 5.74) is 1.36. The molecule has 1 aliphatic heterocycles. The molecule has 2 N–H and O–H groups in total. The Labute approximate surface area is 123 Å². The van der Waals surface area contributed by atoms with Crippen LogP contribution in [0.4, 0.5) is 5.69 Å². The predicted molar refractivity (Wildman–Crippen MR) is 79.8 cm³/mol. The van der Waals surface area contributed by atoms with Gasteiger partial charge in [-0.2, -0.15) is 0 Å². The lowest BCUT2D eigenvalue weighted by Crippen LogP contribution is -2.33. The van der Waals surface area contributed by atoms with Gasteiger partial charge in [0.25, 0.3) is 5.91 Å². The molecule has 0 unspecified atom stereocenters. The molecule has 0 bridgehead atoms. The first kappa shape index (κ1) is 13.7. The van der Waals surface area contributed by atoms with Crippen molar-refractivity contribution in [3.05, 3.63) is 35.4 Å². The Balaban J connectivity index is 2.08. The molecule has 1 aromatic carbocycles. The third-order valence-corrected chi connectivity index (χ3v) is 4.00. The van der Waals surface area contributed by atoms with E-state index in [9.17, 15) is 14.7 Å². The number of para-hydroxylation sites is 1. The second-order valence-electron chi connectivity index (χ2n) is 5.55. The smallest absolute Gasteiger partial charge is 0.251 e. The van der Waals surface area contributed by atoms with E-state index >= 15 is 0 Å². The molecule has 0 radical (unpaired) electrons. The van der Waals surface area contributed by atoms with Crippen molar-refractivity contribution in [2.45, 2.75) is 19.3 Å². The molecule has 0 saturated heterocycles. The number of aliphatic hydroxyl groups excluding tert-OH is 1. The van der Waals surface area contributed by atoms with Gasteiger partial charge in [-0.3, -0.25) is 9.59 Å². The summed E-state index contributed by atoms with van der Waals surface area (Å²) in [5, 5.41) is 12.9. The van der Waals surface area contributed by atoms with Gasteiger partial charge in [-0.25, -0.2) is 0 Å². The number of hydrogen-bond acceptors (Lipinski definition) is 3. The second-order valence-corrected chi connectivity index (χ2v) is 5.55. The molecular weight excluding hydrogens is 268 g/mol. The quantitative estimate of drug-likeness (QED) is 0.891. The highest BCUT2D eigenvalue weighted by Crippen LogP contribution is 2.37. The van der Waals surface area contributed by atoms with Crippen molar-refractivity contribution in [1.29, 1.82) is 0 Å². The van der Waals surface area contributed by atoms with Gasteiger partial charge in [0.05, 0.1) is 17.7 Å². The van der Waals surface area contributed by atoms with Gasteiger partial charge < -0.3 is 15.3 Å². The maximum atomic E-state index is 12.5. The summed E-state index contributed by atoms with van der Waals surface area (Å²) < 4.78 is 0. The van der Waals surface area contributed by atoms with Crippen LogP contribution in [0.25, 0.3) is 5.76 Å². The Morgan fingerprint density at radius 1 is 1.38 bits per heavy atom. The first-order valence-corrected chi connectivity index (χ1v) is 7.15. The van der Waals surface area contributed by atoms with Crippen molar-refractivity contribution in [2.75, 3.05) is 18.5 Å². The third-order valence-electron chi connectivity index (χ3n) is 4.00. The number of nitrogens with one attached hydrogen (secondary N) is 1. The van der Waals surface area contributed by atoms with Gasteiger partial charge in [0, 0.05) is 19.2 Å². The van der Waals surface area contributed by atoms with Gasteiger partial charge in [0.1, 0.15) is 5.76 Å². The maximum absolute atomic E-state index is 12.5. The number of nitrogens with zero attached hydrogens (tertiary/aromatic N) is 1. The summed E-state index contributed by atoms with van der Waals surface area (Å²) in [6.07, 6.45) is 2.19. The number of aliphatic hydroxyl groups is 1. The highest BCUT2D eigenvalue weighted by molar-refractivity contribution is 6.10. The summed E-state index contributed by atoms with van der Waals surface area (Å²) >= 11 is 0. The molecule has 3 rings (SSSR count). The number of likely N-dealkylation sites (N-methyl/N-ethyl adjacent to an activating group) is 1. The van der Waals surface area contributed by atoms with E-state index in [0.29, 0.717) is 23.7 Å². The molecule has 1 aliphatic carbocycles. The average molecular weight is 286 g/mol. The molecule has 110 valence electrons. The molecule has 21 heavy (non-hydrogen) atoms. The van der Waals surface area contributed by atoms with Crippen LogP contribution in [0.15, 0.2) is 29.8 Å². The zero-order valence-electron chi connectivity index (χ0n) is 11.9. The fraction of sp³-hybridized carbons (Fsp3) is 0.375. The lowest BCUT2D eigenvalue weighted by Gasteiger charge is -2.22. The molecule has 5 heteroatoms. The van der Waals surface area contributed by atoms with E-state index in [1.165, 1.54) is 7.05 Å². The van der Waals surface area contributed by atoms with Crippen molar-refractivity contribution in [1.82, 2.24) is 5.32 Å². The number of anilines is 1. The van der Waals surface area contributed by atoms with E-state index in [2.05, 4.69) is 5.32 Å². The van der Waals surface area contributed by atoms with Gasteiger partial charge in [-0.05, 0) is 30.9 Å². The van der Waals surface area contributed by atoms with Crippen LogP contribution in [0.2, 0.25) is 0 Å². The number of amides is 2. The molecule has 1 aromatic rings. The van der Waals surface area contributed by atoms with Crippen LogP contribution in [-0.4, -0.2) is 30.5 Å². The Hall–Kier alpha value is -2.30. The Morgan fingerprint density at radius 3 is 2.76 bits per heavy atom. The van der Waals surface area contributed by atoms with Crippen LogP contribution in [-0.2, 0) is 9.59 Å². The fourth-order valence-corrected chi connectivity index (χ4v) is 2.63. The van der Waals surface area contributed by atoms with Gasteiger partial charge in [-0.1, -0.05) is 12.1 Å². The molecule has 1 heterocycles. The number of fused-ring (bicyclic) bond motifs is 1. The van der Waals surface area contributed by atoms with Gasteiger partial charge in [0.15, 0.2) is 0 Å². The van der Waals surface area contributed by atoms with Crippen LogP contribution < -0.4 is 10.2 Å². The van der Waals surface area contributed by atoms with Crippen molar-refractivity contribution in [3.8, 4) is 0 Å². The molecule has 0 atom stereocenters. The van der Waals surface area contributed by atoms with Crippen LogP contribution in [0.1, 0.15) is 24.8 Å². The number of carbonyl (C=O) groups excluding carboxylic acids is 2. The highest BCUT2D eigenvalue weighted by Gasteiger charge is 2.33. The van der Waals surface area contributed by atoms with Crippen molar-refractivity contribution >= 4 is 23.3 Å². The fourth-order valence-electron chi connectivity index (χ4n) is 2.63. The average Bonchev–Trinajstić information content (AvgIpc) is 3.32. The predicted octanol–water partition coefficient (Wildman–Crippen LogP) is 1.85. The number of benzene rings is 1. The van der Waals surface area contributed by atoms with E-state index in [0.717, 1.165) is 12.8 Å². The highest BCUT2D eigenvalue weighted by atomic mass is 16.3. The van der Waals surface area contributed by atoms with Crippen LogP contribution in [0, 0.1) is 5.92 Å². The van der Waals surface area contributed by atoms with E-state index in [4.69, 9.17) is 0 Å². The minimum absolute atomic E-state index is 0.0765. The van der Waals surface area contributed by atoms with E-state index < -0.39 is 5.91 Å². The minimum atomic E-state index is -0.413.